The van der Waals surface area contributed by atoms with Gasteiger partial charge in [0.2, 0.25) is 0 Å². The lowest BCUT2D eigenvalue weighted by Gasteiger charge is -2.26. The number of halogens is 2. The molecule has 5 nitrogen and oxygen atoms in total. The first-order valence-electron chi connectivity index (χ1n) is 9.91. The van der Waals surface area contributed by atoms with Crippen LogP contribution in [0.5, 0.6) is 0 Å². The molecule has 9 heteroatoms. The Bertz CT molecular complexity index is 1120. The molecule has 0 aliphatic heterocycles. The maximum atomic E-state index is 13.8. The number of carbonyl (C=O) groups is 1. The molecule has 0 fully saturated rings. The standard InChI is InChI=1S/C23H28Br2O5S2/c1-13-7-17(31(5,27)28)8-14(2)21(13)19(11-24)23(26)20(12-25)22-15(3)9-18(10-16(22)4)32(6,29)30/h7-10,19-20H,11-12H2,1-6H3. The first kappa shape index (κ1) is 27.2. The Hall–Kier alpha value is -1.03. The highest BCUT2D eigenvalue weighted by atomic mass is 79.9. The molecular weight excluding hydrogens is 580 g/mol. The molecule has 0 aromatic heterocycles. The molecule has 0 bridgehead atoms. The van der Waals surface area contributed by atoms with E-state index < -0.39 is 31.5 Å². The molecule has 32 heavy (non-hydrogen) atoms. The summed E-state index contributed by atoms with van der Waals surface area (Å²) in [6.07, 6.45) is 2.33. The third-order valence-corrected chi connectivity index (χ3v) is 9.16. The number of hydrogen-bond acceptors (Lipinski definition) is 5. The number of rotatable bonds is 8. The van der Waals surface area contributed by atoms with Crippen molar-refractivity contribution in [1.29, 1.82) is 0 Å². The number of alkyl halides is 2. The van der Waals surface area contributed by atoms with Gasteiger partial charge in [-0.05, 0) is 85.3 Å². The predicted molar refractivity (Wildman–Crippen MR) is 136 cm³/mol. The minimum atomic E-state index is -3.36. The van der Waals surface area contributed by atoms with Gasteiger partial charge < -0.3 is 0 Å². The zero-order valence-corrected chi connectivity index (χ0v) is 23.8. The maximum absolute atomic E-state index is 13.8. The summed E-state index contributed by atoms with van der Waals surface area (Å²) >= 11 is 6.98. The zero-order valence-electron chi connectivity index (χ0n) is 19.0. The predicted octanol–water partition coefficient (Wildman–Crippen LogP) is 4.95. The molecule has 2 aromatic carbocycles. The van der Waals surface area contributed by atoms with Crippen LogP contribution in [-0.2, 0) is 24.5 Å². The zero-order chi connectivity index (χ0) is 24.6. The SMILES string of the molecule is Cc1cc(S(C)(=O)=O)cc(C)c1C(CBr)C(=O)C(CBr)c1c(C)cc(S(C)(=O)=O)cc1C. The summed E-state index contributed by atoms with van der Waals surface area (Å²) in [5.41, 5.74) is 4.62. The van der Waals surface area contributed by atoms with Crippen molar-refractivity contribution < 1.29 is 21.6 Å². The number of Topliss-reactive ketones (excluding diaryl/α,β-unsaturated/α-hetero) is 1. The van der Waals surface area contributed by atoms with Crippen LogP contribution in [0.25, 0.3) is 0 Å². The number of carbonyl (C=O) groups excluding carboxylic acids is 1. The van der Waals surface area contributed by atoms with Crippen LogP contribution in [0.2, 0.25) is 0 Å². The van der Waals surface area contributed by atoms with Gasteiger partial charge in [-0.1, -0.05) is 31.9 Å². The van der Waals surface area contributed by atoms with Crippen molar-refractivity contribution in [3.63, 3.8) is 0 Å². The summed E-state index contributed by atoms with van der Waals surface area (Å²) < 4.78 is 48.0. The highest BCUT2D eigenvalue weighted by Gasteiger charge is 2.32. The summed E-state index contributed by atoms with van der Waals surface area (Å²) in [7, 11) is -6.72. The van der Waals surface area contributed by atoms with Crippen LogP contribution in [-0.4, -0.2) is 45.8 Å². The molecule has 2 unspecified atom stereocenters. The minimum absolute atomic E-state index is 0.0182. The average molecular weight is 608 g/mol. The van der Waals surface area contributed by atoms with Crippen LogP contribution in [0.3, 0.4) is 0 Å². The highest BCUT2D eigenvalue weighted by molar-refractivity contribution is 9.09. The number of benzene rings is 2. The van der Waals surface area contributed by atoms with Gasteiger partial charge in [-0.2, -0.15) is 0 Å². The first-order valence-corrected chi connectivity index (χ1v) is 15.9. The van der Waals surface area contributed by atoms with Crippen molar-refractivity contribution in [3.8, 4) is 0 Å². The van der Waals surface area contributed by atoms with E-state index in [9.17, 15) is 21.6 Å². The van der Waals surface area contributed by atoms with Crippen molar-refractivity contribution in [2.24, 2.45) is 0 Å². The molecule has 0 saturated carbocycles. The fourth-order valence-corrected chi connectivity index (χ4v) is 7.08. The van der Waals surface area contributed by atoms with Gasteiger partial charge in [-0.3, -0.25) is 4.79 Å². The number of ketones is 1. The molecule has 0 amide bonds. The fourth-order valence-electron chi connectivity index (χ4n) is 4.23. The van der Waals surface area contributed by atoms with Gasteiger partial charge in [-0.15, -0.1) is 0 Å². The molecule has 2 rings (SSSR count). The van der Waals surface area contributed by atoms with Crippen molar-refractivity contribution in [2.45, 2.75) is 49.3 Å². The van der Waals surface area contributed by atoms with Crippen LogP contribution >= 0.6 is 31.9 Å². The first-order chi connectivity index (χ1) is 14.6. The number of sulfone groups is 2. The topological polar surface area (TPSA) is 85.3 Å². The minimum Gasteiger partial charge on any atom is -0.298 e. The lowest BCUT2D eigenvalue weighted by molar-refractivity contribution is -0.121. The molecule has 0 saturated heterocycles. The highest BCUT2D eigenvalue weighted by Crippen LogP contribution is 2.36. The Balaban J connectivity index is 2.62. The summed E-state index contributed by atoms with van der Waals surface area (Å²) in [6.45, 7) is 7.28. The fraction of sp³-hybridized carbons (Fsp3) is 0.435. The monoisotopic (exact) mass is 606 g/mol. The quantitative estimate of drug-likeness (QED) is 0.396. The average Bonchev–Trinajstić information content (AvgIpc) is 2.65. The third-order valence-electron chi connectivity index (χ3n) is 5.68. The summed E-state index contributed by atoms with van der Waals surface area (Å²) in [6, 6.07) is 6.45. The van der Waals surface area contributed by atoms with Crippen LogP contribution < -0.4 is 0 Å². The van der Waals surface area contributed by atoms with E-state index in [4.69, 9.17) is 0 Å². The number of hydrogen-bond donors (Lipinski definition) is 0. The van der Waals surface area contributed by atoms with Crippen LogP contribution in [0.1, 0.15) is 45.2 Å². The van der Waals surface area contributed by atoms with Crippen molar-refractivity contribution in [2.75, 3.05) is 23.2 Å². The van der Waals surface area contributed by atoms with E-state index in [0.29, 0.717) is 10.7 Å². The van der Waals surface area contributed by atoms with E-state index >= 15 is 0 Å². The van der Waals surface area contributed by atoms with Gasteiger partial charge in [0, 0.05) is 23.2 Å². The molecular formula is C23H28Br2O5S2. The Labute approximate surface area is 208 Å². The summed E-state index contributed by atoms with van der Waals surface area (Å²) in [5.74, 6) is -0.991. The molecule has 2 atom stereocenters. The van der Waals surface area contributed by atoms with Gasteiger partial charge in [0.15, 0.2) is 19.7 Å². The second-order valence-corrected chi connectivity index (χ2v) is 13.6. The summed E-state index contributed by atoms with van der Waals surface area (Å²) in [4.78, 5) is 14.2. The Morgan fingerprint density at radius 2 is 0.938 bits per heavy atom. The van der Waals surface area contributed by atoms with Crippen LogP contribution in [0.4, 0.5) is 0 Å². The van der Waals surface area contributed by atoms with Gasteiger partial charge in [-0.25, -0.2) is 16.8 Å². The molecule has 0 aliphatic rings. The second kappa shape index (κ2) is 10.1. The molecule has 0 aliphatic carbocycles. The van der Waals surface area contributed by atoms with E-state index in [1.54, 1.807) is 24.3 Å². The van der Waals surface area contributed by atoms with Crippen LogP contribution in [0.15, 0.2) is 34.1 Å². The maximum Gasteiger partial charge on any atom is 0.175 e. The normalized spacial score (nSPS) is 14.2. The Morgan fingerprint density at radius 1 is 0.688 bits per heavy atom. The van der Waals surface area contributed by atoms with Gasteiger partial charge in [0.1, 0.15) is 5.78 Å². The Morgan fingerprint density at radius 3 is 1.12 bits per heavy atom. The molecule has 0 radical (unpaired) electrons. The Kier molecular flexibility index (Phi) is 8.57. The third kappa shape index (κ3) is 5.72. The van der Waals surface area contributed by atoms with Gasteiger partial charge in [0.05, 0.1) is 21.6 Å². The van der Waals surface area contributed by atoms with Crippen molar-refractivity contribution in [3.05, 3.63) is 57.6 Å². The van der Waals surface area contributed by atoms with Crippen LogP contribution in [0, 0.1) is 27.7 Å². The molecule has 2 aromatic rings. The molecule has 0 N–H and O–H groups in total. The van der Waals surface area contributed by atoms with Gasteiger partial charge >= 0.3 is 0 Å². The van der Waals surface area contributed by atoms with Gasteiger partial charge in [0.25, 0.3) is 0 Å². The van der Waals surface area contributed by atoms with E-state index in [1.165, 1.54) is 12.5 Å². The van der Waals surface area contributed by atoms with E-state index in [-0.39, 0.29) is 15.6 Å². The second-order valence-electron chi connectivity index (χ2n) is 8.30. The van der Waals surface area contributed by atoms with Crippen molar-refractivity contribution in [1.82, 2.24) is 0 Å². The van der Waals surface area contributed by atoms with E-state index in [1.807, 2.05) is 27.7 Å². The number of aryl methyl sites for hydroxylation is 4. The van der Waals surface area contributed by atoms with Crippen molar-refractivity contribution >= 4 is 57.3 Å². The summed E-state index contributed by atoms with van der Waals surface area (Å²) in [5, 5.41) is 0.767. The lowest BCUT2D eigenvalue weighted by Crippen LogP contribution is -2.26. The smallest absolute Gasteiger partial charge is 0.175 e. The molecule has 0 spiro atoms. The van der Waals surface area contributed by atoms with E-state index in [0.717, 1.165) is 33.4 Å². The lowest BCUT2D eigenvalue weighted by atomic mass is 9.80. The molecule has 176 valence electrons. The van der Waals surface area contributed by atoms with E-state index in [2.05, 4.69) is 31.9 Å². The molecule has 0 heterocycles. The largest absolute Gasteiger partial charge is 0.298 e.